The van der Waals surface area contributed by atoms with E-state index in [2.05, 4.69) is 20.0 Å². The molecule has 1 aliphatic heterocycles. The number of hydrogen-bond donors (Lipinski definition) is 1. The summed E-state index contributed by atoms with van der Waals surface area (Å²) in [6, 6.07) is 15.4. The quantitative estimate of drug-likeness (QED) is 0.534. The van der Waals surface area contributed by atoms with Crippen LogP contribution >= 0.6 is 11.8 Å². The number of fused-ring (bicyclic) bond motifs is 1. The van der Waals surface area contributed by atoms with Crippen LogP contribution in [0.3, 0.4) is 0 Å². The number of nitrogens with zero attached hydrogens (tertiary/aromatic N) is 5. The average molecular weight is 390 g/mol. The van der Waals surface area contributed by atoms with Crippen LogP contribution in [0, 0.1) is 13.8 Å². The maximum atomic E-state index is 12.4. The molecule has 0 radical (unpaired) electrons. The van der Waals surface area contributed by atoms with Gasteiger partial charge in [0.2, 0.25) is 11.9 Å². The number of benzene rings is 2. The van der Waals surface area contributed by atoms with E-state index >= 15 is 0 Å². The number of para-hydroxylation sites is 1. The van der Waals surface area contributed by atoms with Crippen molar-refractivity contribution in [2.24, 2.45) is 15.7 Å². The lowest BCUT2D eigenvalue weighted by atomic mass is 10.2. The Labute approximate surface area is 166 Å². The molecule has 8 heteroatoms. The Hall–Kier alpha value is -3.26. The Morgan fingerprint density at radius 3 is 2.79 bits per heavy atom. The molecule has 140 valence electrons. The van der Waals surface area contributed by atoms with E-state index in [1.165, 1.54) is 16.7 Å². The summed E-state index contributed by atoms with van der Waals surface area (Å²) in [7, 11) is 0. The molecule has 3 aromatic rings. The van der Waals surface area contributed by atoms with Gasteiger partial charge in [0, 0.05) is 5.39 Å². The van der Waals surface area contributed by atoms with Gasteiger partial charge in [0.15, 0.2) is 5.17 Å². The second-order valence-corrected chi connectivity index (χ2v) is 7.29. The van der Waals surface area contributed by atoms with Gasteiger partial charge in [0.05, 0.1) is 22.7 Å². The first-order valence-electron chi connectivity index (χ1n) is 8.70. The van der Waals surface area contributed by atoms with Crippen LogP contribution in [-0.2, 0) is 4.79 Å². The number of carbonyl (C=O) groups is 1. The molecule has 28 heavy (non-hydrogen) atoms. The highest BCUT2D eigenvalue weighted by molar-refractivity contribution is 8.15. The van der Waals surface area contributed by atoms with Gasteiger partial charge in [0.25, 0.3) is 5.95 Å². The summed E-state index contributed by atoms with van der Waals surface area (Å²) in [5.74, 6) is 0.318. The molecule has 2 N–H and O–H groups in total. The van der Waals surface area contributed by atoms with Crippen LogP contribution in [0.5, 0.6) is 0 Å². The molecule has 1 amide bonds. The van der Waals surface area contributed by atoms with Crippen LogP contribution in [0.25, 0.3) is 10.9 Å². The zero-order valence-corrected chi connectivity index (χ0v) is 16.3. The van der Waals surface area contributed by atoms with Gasteiger partial charge in [-0.05, 0) is 37.6 Å². The predicted molar refractivity (Wildman–Crippen MR) is 113 cm³/mol. The SMILES string of the molecule is Cc1cccc(N=C2SCC(=O)N2/C(N)=N/c2nc(C)c3ccccc3n2)c1. The highest BCUT2D eigenvalue weighted by atomic mass is 32.2. The molecule has 0 unspecified atom stereocenters. The van der Waals surface area contributed by atoms with Crippen LogP contribution in [0.15, 0.2) is 58.5 Å². The lowest BCUT2D eigenvalue weighted by Gasteiger charge is -2.14. The smallest absolute Gasteiger partial charge is 0.253 e. The van der Waals surface area contributed by atoms with Crippen molar-refractivity contribution in [2.45, 2.75) is 13.8 Å². The Bertz CT molecular complexity index is 1140. The molecule has 0 spiro atoms. The number of aryl methyl sites for hydroxylation is 2. The second-order valence-electron chi connectivity index (χ2n) is 6.35. The number of thioether (sulfide) groups is 1. The molecule has 0 saturated carbocycles. The minimum atomic E-state index is -0.171. The molecule has 4 rings (SSSR count). The largest absolute Gasteiger partial charge is 0.369 e. The molecule has 1 fully saturated rings. The number of hydrogen-bond acceptors (Lipinski definition) is 6. The van der Waals surface area contributed by atoms with E-state index in [4.69, 9.17) is 5.73 Å². The molecule has 1 aromatic heterocycles. The standard InChI is InChI=1S/C20H18N6OS/c1-12-6-5-7-14(10-12)23-20-26(17(27)11-28-20)18(21)25-19-22-13(2)15-8-3-4-9-16(15)24-19/h3-10H,11H2,1-2H3,(H2,21,22,24,25). The van der Waals surface area contributed by atoms with E-state index in [9.17, 15) is 4.79 Å². The molecule has 1 saturated heterocycles. The summed E-state index contributed by atoms with van der Waals surface area (Å²) < 4.78 is 0. The third-order valence-electron chi connectivity index (χ3n) is 4.22. The Kier molecular flexibility index (Phi) is 4.79. The van der Waals surface area contributed by atoms with Crippen molar-refractivity contribution in [3.63, 3.8) is 0 Å². The first-order chi connectivity index (χ1) is 13.5. The molecule has 7 nitrogen and oxygen atoms in total. The fraction of sp³-hybridized carbons (Fsp3) is 0.150. The number of aromatic nitrogens is 2. The van der Waals surface area contributed by atoms with Crippen molar-refractivity contribution in [3.8, 4) is 0 Å². The minimum Gasteiger partial charge on any atom is -0.369 e. The highest BCUT2D eigenvalue weighted by Crippen LogP contribution is 2.25. The second kappa shape index (κ2) is 7.40. The van der Waals surface area contributed by atoms with E-state index in [0.717, 1.165) is 27.8 Å². The topological polar surface area (TPSA) is 96.8 Å². The van der Waals surface area contributed by atoms with Gasteiger partial charge in [-0.3, -0.25) is 4.79 Å². The van der Waals surface area contributed by atoms with Gasteiger partial charge in [-0.15, -0.1) is 0 Å². The monoisotopic (exact) mass is 390 g/mol. The molecule has 0 atom stereocenters. The molecule has 0 aliphatic carbocycles. The Morgan fingerprint density at radius 1 is 1.14 bits per heavy atom. The lowest BCUT2D eigenvalue weighted by Crippen LogP contribution is -2.41. The zero-order chi connectivity index (χ0) is 19.7. The molecular weight excluding hydrogens is 372 g/mol. The van der Waals surface area contributed by atoms with E-state index in [0.29, 0.717) is 5.17 Å². The number of nitrogens with two attached hydrogens (primary N) is 1. The van der Waals surface area contributed by atoms with Gasteiger partial charge in [-0.2, -0.15) is 4.99 Å². The number of amidine groups is 1. The summed E-state index contributed by atoms with van der Waals surface area (Å²) in [4.78, 5) is 31.4. The van der Waals surface area contributed by atoms with Crippen molar-refractivity contribution >= 4 is 51.3 Å². The first-order valence-corrected chi connectivity index (χ1v) is 9.68. The number of amides is 1. The molecule has 0 bridgehead atoms. The van der Waals surface area contributed by atoms with Crippen molar-refractivity contribution in [1.82, 2.24) is 14.9 Å². The van der Waals surface area contributed by atoms with Gasteiger partial charge >= 0.3 is 0 Å². The maximum absolute atomic E-state index is 12.4. The summed E-state index contributed by atoms with van der Waals surface area (Å²) in [6.07, 6.45) is 0. The summed E-state index contributed by atoms with van der Waals surface area (Å²) in [5, 5.41) is 1.45. The van der Waals surface area contributed by atoms with Crippen LogP contribution in [-0.4, -0.2) is 37.7 Å². The average Bonchev–Trinajstić information content (AvgIpc) is 3.02. The van der Waals surface area contributed by atoms with E-state index in [1.54, 1.807) is 0 Å². The number of rotatable bonds is 2. The summed E-state index contributed by atoms with van der Waals surface area (Å²) >= 11 is 1.33. The van der Waals surface area contributed by atoms with Crippen molar-refractivity contribution in [2.75, 3.05) is 5.75 Å². The number of aliphatic imine (C=N–C) groups is 2. The van der Waals surface area contributed by atoms with Crippen molar-refractivity contribution in [3.05, 3.63) is 59.8 Å². The fourth-order valence-electron chi connectivity index (χ4n) is 2.90. The third kappa shape index (κ3) is 3.59. The minimum absolute atomic E-state index is 0.0103. The summed E-state index contributed by atoms with van der Waals surface area (Å²) in [6.45, 7) is 3.88. The summed E-state index contributed by atoms with van der Waals surface area (Å²) in [5.41, 5.74) is 9.57. The molecular formula is C20H18N6OS. The molecule has 2 aromatic carbocycles. The Morgan fingerprint density at radius 2 is 1.96 bits per heavy atom. The number of guanidine groups is 1. The van der Waals surface area contributed by atoms with Crippen molar-refractivity contribution in [1.29, 1.82) is 0 Å². The molecule has 2 heterocycles. The van der Waals surface area contributed by atoms with Crippen LogP contribution < -0.4 is 5.73 Å². The van der Waals surface area contributed by atoms with Crippen molar-refractivity contribution < 1.29 is 4.79 Å². The van der Waals surface area contributed by atoms with E-state index < -0.39 is 0 Å². The van der Waals surface area contributed by atoms with Crippen LogP contribution in [0.4, 0.5) is 11.6 Å². The molecule has 1 aliphatic rings. The maximum Gasteiger partial charge on any atom is 0.253 e. The van der Waals surface area contributed by atoms with Crippen LogP contribution in [0.1, 0.15) is 11.3 Å². The van der Waals surface area contributed by atoms with E-state index in [-0.39, 0.29) is 23.6 Å². The predicted octanol–water partition coefficient (Wildman–Crippen LogP) is 3.46. The third-order valence-corrected chi connectivity index (χ3v) is 5.14. The van der Waals surface area contributed by atoms with Gasteiger partial charge in [0.1, 0.15) is 0 Å². The van der Waals surface area contributed by atoms with E-state index in [1.807, 2.05) is 62.4 Å². The Balaban J connectivity index is 1.71. The fourth-order valence-corrected chi connectivity index (χ4v) is 3.78. The lowest BCUT2D eigenvalue weighted by molar-refractivity contribution is -0.121. The van der Waals surface area contributed by atoms with Gasteiger partial charge < -0.3 is 5.73 Å². The number of carbonyl (C=O) groups excluding carboxylic acids is 1. The first kappa shape index (κ1) is 18.1. The van der Waals surface area contributed by atoms with Gasteiger partial charge in [-0.1, -0.05) is 42.1 Å². The zero-order valence-electron chi connectivity index (χ0n) is 15.5. The normalized spacial score (nSPS) is 16.4. The highest BCUT2D eigenvalue weighted by Gasteiger charge is 2.31. The van der Waals surface area contributed by atoms with Crippen LogP contribution in [0.2, 0.25) is 0 Å². The van der Waals surface area contributed by atoms with Gasteiger partial charge in [-0.25, -0.2) is 19.9 Å².